The number of nitrogens with zero attached hydrogens (tertiary/aromatic N) is 1. The van der Waals surface area contributed by atoms with E-state index in [1.54, 1.807) is 11.8 Å². The van der Waals surface area contributed by atoms with Crippen molar-refractivity contribution >= 4 is 23.4 Å². The Morgan fingerprint density at radius 1 is 1.88 bits per heavy atom. The highest BCUT2D eigenvalue weighted by atomic mass is 32.2. The van der Waals surface area contributed by atoms with Crippen LogP contribution in [-0.2, 0) is 4.79 Å². The lowest BCUT2D eigenvalue weighted by atomic mass is 10.2. The van der Waals surface area contributed by atoms with Gasteiger partial charge < -0.3 is 5.32 Å². The third-order valence-electron chi connectivity index (χ3n) is 1.22. The van der Waals surface area contributed by atoms with Gasteiger partial charge in [0.2, 0.25) is 0 Å². The van der Waals surface area contributed by atoms with Crippen LogP contribution in [-0.4, -0.2) is 22.9 Å². The highest BCUT2D eigenvalue weighted by Crippen LogP contribution is 2.23. The summed E-state index contributed by atoms with van der Waals surface area (Å²) in [5.74, 6) is 0.763. The van der Waals surface area contributed by atoms with Crippen LogP contribution < -0.4 is 5.32 Å². The van der Waals surface area contributed by atoms with E-state index in [0.717, 1.165) is 11.6 Å². The lowest BCUT2D eigenvalue weighted by Gasteiger charge is -2.21. The molecule has 0 aromatic heterocycles. The molecule has 2 aliphatic heterocycles. The van der Waals surface area contributed by atoms with E-state index in [1.807, 2.05) is 0 Å². The third kappa shape index (κ3) is 0.362. The first-order valence-electron chi connectivity index (χ1n) is 2.35. The van der Waals surface area contributed by atoms with Crippen molar-refractivity contribution in [1.29, 1.82) is 0 Å². The van der Waals surface area contributed by atoms with Gasteiger partial charge in [-0.15, -0.1) is 11.8 Å². The Hall–Kier alpha value is -0.510. The summed E-state index contributed by atoms with van der Waals surface area (Å²) in [6.45, 7) is 0. The normalized spacial score (nSPS) is 32.8. The molecule has 1 fully saturated rings. The van der Waals surface area contributed by atoms with Crippen LogP contribution >= 0.6 is 11.8 Å². The fourth-order valence-electron chi connectivity index (χ4n) is 0.759. The van der Waals surface area contributed by atoms with Gasteiger partial charge in [-0.05, 0) is 0 Å². The van der Waals surface area contributed by atoms with Crippen molar-refractivity contribution in [2.24, 2.45) is 4.99 Å². The second kappa shape index (κ2) is 1.25. The van der Waals surface area contributed by atoms with Crippen molar-refractivity contribution in [3.8, 4) is 0 Å². The molecule has 1 saturated heterocycles. The number of carbonyl (C=O) groups excluding carboxylic acids is 1. The molecule has 2 rings (SSSR count). The highest BCUT2D eigenvalue weighted by Gasteiger charge is 2.37. The number of hydrogen-bond donors (Lipinski definition) is 1. The number of nitrogens with one attached hydrogen (secondary N) is 1. The molecule has 0 aromatic carbocycles. The first-order valence-corrected chi connectivity index (χ1v) is 3.39. The molecule has 1 amide bonds. The Balaban J connectivity index is 2.29. The average molecular weight is 128 g/mol. The number of fused-ring (bicyclic) bond motifs is 1. The van der Waals surface area contributed by atoms with Gasteiger partial charge in [0, 0.05) is 0 Å². The van der Waals surface area contributed by atoms with Crippen molar-refractivity contribution in [2.75, 3.05) is 5.88 Å². The van der Waals surface area contributed by atoms with Crippen molar-refractivity contribution in [1.82, 2.24) is 5.32 Å². The Morgan fingerprint density at radius 2 is 2.75 bits per heavy atom. The number of aliphatic imine (C=N–C) groups is 1. The van der Waals surface area contributed by atoms with Crippen LogP contribution in [0.3, 0.4) is 0 Å². The molecule has 3 nitrogen and oxygen atoms in total. The maximum Gasteiger partial charge on any atom is 0.269 e. The first-order chi connectivity index (χ1) is 3.88. The second-order valence-corrected chi connectivity index (χ2v) is 2.76. The van der Waals surface area contributed by atoms with Crippen molar-refractivity contribution in [3.63, 3.8) is 0 Å². The molecule has 1 N–H and O–H groups in total. The van der Waals surface area contributed by atoms with Gasteiger partial charge in [0.25, 0.3) is 5.91 Å². The quantitative estimate of drug-likeness (QED) is 0.450. The molecular formula is C4H4N2OS. The predicted molar refractivity (Wildman–Crippen MR) is 31.8 cm³/mol. The smallest absolute Gasteiger partial charge is 0.269 e. The van der Waals surface area contributed by atoms with Gasteiger partial charge in [0.1, 0.15) is 11.1 Å². The standard InChI is InChI=1S/C4H4N2OS/c7-3-2-4(6-3)8-1-5-2/h4H,1H2,(H,6,7). The molecule has 2 aliphatic rings. The zero-order valence-electron chi connectivity index (χ0n) is 4.05. The zero-order chi connectivity index (χ0) is 5.56. The molecule has 0 spiro atoms. The van der Waals surface area contributed by atoms with E-state index in [-0.39, 0.29) is 11.3 Å². The third-order valence-corrected chi connectivity index (χ3v) is 2.17. The maximum atomic E-state index is 10.5. The van der Waals surface area contributed by atoms with Gasteiger partial charge in [-0.2, -0.15) is 0 Å². The van der Waals surface area contributed by atoms with E-state index in [2.05, 4.69) is 10.3 Å². The number of β-lactam (4-membered cyclic amide) rings is 1. The van der Waals surface area contributed by atoms with E-state index in [1.165, 1.54) is 0 Å². The maximum absolute atomic E-state index is 10.5. The molecule has 0 radical (unpaired) electrons. The summed E-state index contributed by atoms with van der Waals surface area (Å²) in [5.41, 5.74) is 0.731. The van der Waals surface area contributed by atoms with Gasteiger partial charge in [-0.1, -0.05) is 0 Å². The first kappa shape index (κ1) is 4.38. The molecule has 8 heavy (non-hydrogen) atoms. The van der Waals surface area contributed by atoms with Crippen molar-refractivity contribution < 1.29 is 4.79 Å². The Kier molecular flexibility index (Phi) is 0.686. The summed E-state index contributed by atoms with van der Waals surface area (Å²) >= 11 is 1.66. The fourth-order valence-corrected chi connectivity index (χ4v) is 1.65. The predicted octanol–water partition coefficient (Wildman–Crippen LogP) is -0.412. The summed E-state index contributed by atoms with van der Waals surface area (Å²) in [7, 11) is 0. The number of amides is 1. The summed E-state index contributed by atoms with van der Waals surface area (Å²) in [4.78, 5) is 14.4. The molecule has 0 bridgehead atoms. The van der Waals surface area contributed by atoms with Crippen LogP contribution in [0.15, 0.2) is 4.99 Å². The molecule has 42 valence electrons. The van der Waals surface area contributed by atoms with Crippen LogP contribution in [0.2, 0.25) is 0 Å². The Labute approximate surface area is 50.6 Å². The number of hydrogen-bond acceptors (Lipinski definition) is 3. The minimum atomic E-state index is 0.0139. The SMILES string of the molecule is O=C1NC2SCN=C12. The van der Waals surface area contributed by atoms with Crippen molar-refractivity contribution in [3.05, 3.63) is 0 Å². The molecule has 1 unspecified atom stereocenters. The van der Waals surface area contributed by atoms with Crippen LogP contribution in [0, 0.1) is 0 Å². The lowest BCUT2D eigenvalue weighted by molar-refractivity contribution is -0.116. The van der Waals surface area contributed by atoms with E-state index in [9.17, 15) is 4.79 Å². The largest absolute Gasteiger partial charge is 0.333 e. The Morgan fingerprint density at radius 3 is 3.25 bits per heavy atom. The van der Waals surface area contributed by atoms with Crippen molar-refractivity contribution in [2.45, 2.75) is 5.37 Å². The summed E-state index contributed by atoms with van der Waals surface area (Å²) in [6, 6.07) is 0. The van der Waals surface area contributed by atoms with E-state index < -0.39 is 0 Å². The van der Waals surface area contributed by atoms with Crippen LogP contribution in [0.1, 0.15) is 0 Å². The number of rotatable bonds is 0. The van der Waals surface area contributed by atoms with Crippen LogP contribution in [0.25, 0.3) is 0 Å². The molecule has 0 aliphatic carbocycles. The Bertz CT molecular complexity index is 177. The highest BCUT2D eigenvalue weighted by molar-refractivity contribution is 8.01. The molecule has 1 atom stereocenters. The summed E-state index contributed by atoms with van der Waals surface area (Å²) < 4.78 is 0. The molecule has 0 saturated carbocycles. The van der Waals surface area contributed by atoms with Gasteiger partial charge in [0.15, 0.2) is 0 Å². The van der Waals surface area contributed by atoms with Gasteiger partial charge in [-0.25, -0.2) is 0 Å². The van der Waals surface area contributed by atoms with Crippen LogP contribution in [0.4, 0.5) is 0 Å². The molecule has 2 heterocycles. The monoisotopic (exact) mass is 128 g/mol. The van der Waals surface area contributed by atoms with Gasteiger partial charge in [0.05, 0.1) is 5.88 Å². The molecular weight excluding hydrogens is 124 g/mol. The van der Waals surface area contributed by atoms with E-state index >= 15 is 0 Å². The number of carbonyl (C=O) groups is 1. The van der Waals surface area contributed by atoms with Gasteiger partial charge >= 0.3 is 0 Å². The molecule has 4 heteroatoms. The minimum Gasteiger partial charge on any atom is -0.333 e. The van der Waals surface area contributed by atoms with E-state index in [0.29, 0.717) is 0 Å². The number of thioether (sulfide) groups is 1. The zero-order valence-corrected chi connectivity index (χ0v) is 4.86. The summed E-state index contributed by atoms with van der Waals surface area (Å²) in [5, 5.41) is 2.94. The average Bonchev–Trinajstić information content (AvgIpc) is 2.09. The molecule has 0 aromatic rings. The summed E-state index contributed by atoms with van der Waals surface area (Å²) in [6.07, 6.45) is 0. The minimum absolute atomic E-state index is 0.0139. The van der Waals surface area contributed by atoms with E-state index in [4.69, 9.17) is 0 Å². The van der Waals surface area contributed by atoms with Gasteiger partial charge in [-0.3, -0.25) is 9.79 Å². The second-order valence-electron chi connectivity index (χ2n) is 1.69. The van der Waals surface area contributed by atoms with Crippen LogP contribution in [0.5, 0.6) is 0 Å². The fraction of sp³-hybridized carbons (Fsp3) is 0.500. The lowest BCUT2D eigenvalue weighted by Crippen LogP contribution is -2.55. The topological polar surface area (TPSA) is 41.5 Å².